The molecule has 1 aliphatic heterocycles. The van der Waals surface area contributed by atoms with Crippen molar-refractivity contribution in [3.05, 3.63) is 82.1 Å². The van der Waals surface area contributed by atoms with Crippen molar-refractivity contribution in [2.45, 2.75) is 30.8 Å². The zero-order valence-corrected chi connectivity index (χ0v) is 24.6. The number of amides is 2. The lowest BCUT2D eigenvalue weighted by Gasteiger charge is -2.33. The quantitative estimate of drug-likeness (QED) is 0.352. The molecule has 0 aromatic heterocycles. The molecule has 0 saturated heterocycles. The Hall–Kier alpha value is -3.54. The summed E-state index contributed by atoms with van der Waals surface area (Å²) in [7, 11) is -2.94. The molecule has 41 heavy (non-hydrogen) atoms. The largest absolute Gasteiger partial charge is 0.486 e. The molecule has 3 aromatic carbocycles. The van der Waals surface area contributed by atoms with Crippen molar-refractivity contribution in [2.24, 2.45) is 0 Å². The van der Waals surface area contributed by atoms with Gasteiger partial charge in [-0.1, -0.05) is 36.2 Å². The Bertz CT molecular complexity index is 1540. The highest BCUT2D eigenvalue weighted by molar-refractivity contribution is 7.92. The number of nitrogens with one attached hydrogen (secondary N) is 1. The molecule has 1 aliphatic rings. The van der Waals surface area contributed by atoms with Crippen LogP contribution >= 0.6 is 23.2 Å². The fourth-order valence-corrected chi connectivity index (χ4v) is 6.12. The standard InChI is InChI=1S/C28H28Cl2FN3O6S/c1-3-24(28(36)32-2)33(16-18-4-10-22(29)23(30)14-18)27(35)17-34(20-7-5-19(31)6-8-20)41(37,38)21-9-11-25-26(15-21)40-13-12-39-25/h4-11,14-15,24H,3,12-13,16-17H2,1-2H3,(H,32,36). The summed E-state index contributed by atoms with van der Waals surface area (Å²) in [4.78, 5) is 27.9. The maximum absolute atomic E-state index is 14.0. The zero-order valence-electron chi connectivity index (χ0n) is 22.3. The van der Waals surface area contributed by atoms with Gasteiger partial charge in [0.05, 0.1) is 20.6 Å². The Kier molecular flexibility index (Phi) is 9.62. The molecule has 0 aliphatic carbocycles. The molecule has 2 amide bonds. The Morgan fingerprint density at radius 2 is 1.66 bits per heavy atom. The number of halogens is 3. The number of sulfonamides is 1. The summed E-state index contributed by atoms with van der Waals surface area (Å²) >= 11 is 12.2. The lowest BCUT2D eigenvalue weighted by molar-refractivity contribution is -0.140. The molecule has 13 heteroatoms. The molecule has 1 atom stereocenters. The molecule has 9 nitrogen and oxygen atoms in total. The van der Waals surface area contributed by atoms with Crippen molar-refractivity contribution >= 4 is 50.7 Å². The van der Waals surface area contributed by atoms with E-state index in [4.69, 9.17) is 32.7 Å². The Balaban J connectivity index is 1.75. The zero-order chi connectivity index (χ0) is 29.7. The first kappa shape index (κ1) is 30.4. The van der Waals surface area contributed by atoms with Crippen LogP contribution in [0.25, 0.3) is 0 Å². The minimum absolute atomic E-state index is 0.0526. The van der Waals surface area contributed by atoms with E-state index in [1.165, 1.54) is 42.3 Å². The number of nitrogens with zero attached hydrogens (tertiary/aromatic N) is 2. The van der Waals surface area contributed by atoms with E-state index in [1.54, 1.807) is 25.1 Å². The number of ether oxygens (including phenoxy) is 2. The molecule has 0 fully saturated rings. The number of rotatable bonds is 10. The van der Waals surface area contributed by atoms with E-state index in [0.717, 1.165) is 16.4 Å². The van der Waals surface area contributed by atoms with E-state index >= 15 is 0 Å². The van der Waals surface area contributed by atoms with E-state index in [0.29, 0.717) is 22.9 Å². The molecule has 4 rings (SSSR count). The average molecular weight is 625 g/mol. The van der Waals surface area contributed by atoms with Crippen LogP contribution < -0.4 is 19.1 Å². The second-order valence-electron chi connectivity index (χ2n) is 9.10. The third kappa shape index (κ3) is 6.86. The van der Waals surface area contributed by atoms with Crippen LogP contribution in [0.2, 0.25) is 10.0 Å². The predicted molar refractivity (Wildman–Crippen MR) is 154 cm³/mol. The maximum Gasteiger partial charge on any atom is 0.264 e. The lowest BCUT2D eigenvalue weighted by Crippen LogP contribution is -2.51. The number of fused-ring (bicyclic) bond motifs is 1. The fourth-order valence-electron chi connectivity index (χ4n) is 4.37. The van der Waals surface area contributed by atoms with Crippen molar-refractivity contribution in [1.82, 2.24) is 10.2 Å². The number of hydrogen-bond donors (Lipinski definition) is 1. The van der Waals surface area contributed by atoms with Crippen LogP contribution in [0.3, 0.4) is 0 Å². The third-order valence-corrected chi connectivity index (χ3v) is 8.97. The molecular weight excluding hydrogens is 596 g/mol. The molecule has 218 valence electrons. The number of hydrogen-bond acceptors (Lipinski definition) is 6. The summed E-state index contributed by atoms with van der Waals surface area (Å²) in [6.45, 7) is 1.57. The lowest BCUT2D eigenvalue weighted by atomic mass is 10.1. The normalized spacial score (nSPS) is 13.3. The molecule has 0 bridgehead atoms. The van der Waals surface area contributed by atoms with Gasteiger partial charge >= 0.3 is 0 Å². The van der Waals surface area contributed by atoms with Gasteiger partial charge in [0, 0.05) is 19.7 Å². The van der Waals surface area contributed by atoms with Crippen molar-refractivity contribution in [3.63, 3.8) is 0 Å². The first-order valence-corrected chi connectivity index (χ1v) is 14.9. The van der Waals surface area contributed by atoms with E-state index in [2.05, 4.69) is 5.32 Å². The van der Waals surface area contributed by atoms with E-state index < -0.39 is 40.2 Å². The smallest absolute Gasteiger partial charge is 0.264 e. The van der Waals surface area contributed by atoms with Crippen molar-refractivity contribution in [2.75, 3.05) is 31.1 Å². The van der Waals surface area contributed by atoms with Crippen molar-refractivity contribution in [1.29, 1.82) is 0 Å². The number of benzene rings is 3. The number of carbonyl (C=O) groups excluding carboxylic acids is 2. The summed E-state index contributed by atoms with van der Waals surface area (Å²) in [6.07, 6.45) is 0.248. The number of anilines is 1. The first-order valence-electron chi connectivity index (χ1n) is 12.7. The number of likely N-dealkylation sites (N-methyl/N-ethyl adjacent to an activating group) is 1. The number of carbonyl (C=O) groups is 2. The highest BCUT2D eigenvalue weighted by atomic mass is 35.5. The van der Waals surface area contributed by atoms with Gasteiger partial charge in [0.15, 0.2) is 11.5 Å². The van der Waals surface area contributed by atoms with Crippen LogP contribution in [0.1, 0.15) is 18.9 Å². The Labute approximate surface area is 247 Å². The van der Waals surface area contributed by atoms with Gasteiger partial charge in [-0.2, -0.15) is 0 Å². The minimum Gasteiger partial charge on any atom is -0.486 e. The first-order chi connectivity index (χ1) is 19.5. The monoisotopic (exact) mass is 623 g/mol. The van der Waals surface area contributed by atoms with Gasteiger partial charge < -0.3 is 19.7 Å². The van der Waals surface area contributed by atoms with E-state index in [-0.39, 0.29) is 40.9 Å². The van der Waals surface area contributed by atoms with Gasteiger partial charge in [0.1, 0.15) is 31.6 Å². The molecule has 3 aromatic rings. The van der Waals surface area contributed by atoms with Gasteiger partial charge in [0.2, 0.25) is 11.8 Å². The molecule has 0 saturated carbocycles. The average Bonchev–Trinajstić information content (AvgIpc) is 2.97. The molecular formula is C28H28Cl2FN3O6S. The summed E-state index contributed by atoms with van der Waals surface area (Å²) in [6, 6.07) is 12.7. The van der Waals surface area contributed by atoms with Crippen LogP contribution in [0.15, 0.2) is 65.6 Å². The highest BCUT2D eigenvalue weighted by Crippen LogP contribution is 2.34. The minimum atomic E-state index is -4.38. The summed E-state index contributed by atoms with van der Waals surface area (Å²) < 4.78 is 53.7. The SMILES string of the molecule is CCC(C(=O)NC)N(Cc1ccc(Cl)c(Cl)c1)C(=O)CN(c1ccc(F)cc1)S(=O)(=O)c1ccc2c(c1)OCCO2. The van der Waals surface area contributed by atoms with Gasteiger partial charge in [-0.05, 0) is 60.5 Å². The van der Waals surface area contributed by atoms with Gasteiger partial charge in [-0.15, -0.1) is 0 Å². The summed E-state index contributed by atoms with van der Waals surface area (Å²) in [5.74, 6) is -1.04. The van der Waals surface area contributed by atoms with Crippen LogP contribution in [-0.4, -0.2) is 58.0 Å². The molecule has 1 heterocycles. The Morgan fingerprint density at radius 1 is 0.976 bits per heavy atom. The van der Waals surface area contributed by atoms with Gasteiger partial charge in [-0.3, -0.25) is 13.9 Å². The van der Waals surface area contributed by atoms with E-state index in [9.17, 15) is 22.4 Å². The van der Waals surface area contributed by atoms with Crippen LogP contribution in [-0.2, 0) is 26.2 Å². The van der Waals surface area contributed by atoms with Gasteiger partial charge in [-0.25, -0.2) is 12.8 Å². The second kappa shape index (κ2) is 13.0. The van der Waals surface area contributed by atoms with Crippen molar-refractivity contribution < 1.29 is 31.9 Å². The molecule has 1 N–H and O–H groups in total. The third-order valence-electron chi connectivity index (χ3n) is 6.46. The fraction of sp³-hybridized carbons (Fsp3) is 0.286. The molecule has 0 radical (unpaired) electrons. The molecule has 0 spiro atoms. The molecule has 1 unspecified atom stereocenters. The van der Waals surface area contributed by atoms with Gasteiger partial charge in [0.25, 0.3) is 10.0 Å². The Morgan fingerprint density at radius 3 is 2.29 bits per heavy atom. The highest BCUT2D eigenvalue weighted by Gasteiger charge is 2.34. The van der Waals surface area contributed by atoms with Crippen LogP contribution in [0, 0.1) is 5.82 Å². The van der Waals surface area contributed by atoms with Crippen LogP contribution in [0.5, 0.6) is 11.5 Å². The second-order valence-corrected chi connectivity index (χ2v) is 11.8. The van der Waals surface area contributed by atoms with E-state index in [1.807, 2.05) is 0 Å². The van der Waals surface area contributed by atoms with Crippen LogP contribution in [0.4, 0.5) is 10.1 Å². The van der Waals surface area contributed by atoms with Crippen molar-refractivity contribution in [3.8, 4) is 11.5 Å². The summed E-state index contributed by atoms with van der Waals surface area (Å²) in [5.41, 5.74) is 0.634. The summed E-state index contributed by atoms with van der Waals surface area (Å²) in [5, 5.41) is 3.14. The topological polar surface area (TPSA) is 105 Å². The maximum atomic E-state index is 14.0. The predicted octanol–water partition coefficient (Wildman–Crippen LogP) is 4.65.